The molecule has 0 saturated carbocycles. The summed E-state index contributed by atoms with van der Waals surface area (Å²) < 4.78 is 0. The number of aliphatic hydroxyl groups excluding tert-OH is 1. The predicted molar refractivity (Wildman–Crippen MR) is 77.0 cm³/mol. The van der Waals surface area contributed by atoms with Crippen molar-refractivity contribution in [2.24, 2.45) is 0 Å². The number of nitrogens with zero attached hydrogens (tertiary/aromatic N) is 1. The van der Waals surface area contributed by atoms with E-state index in [0.29, 0.717) is 5.69 Å². The van der Waals surface area contributed by atoms with E-state index in [0.717, 1.165) is 21.9 Å². The van der Waals surface area contributed by atoms with Gasteiger partial charge in [-0.05, 0) is 41.0 Å². The highest BCUT2D eigenvalue weighted by molar-refractivity contribution is 5.86. The Bertz CT molecular complexity index is 716. The van der Waals surface area contributed by atoms with E-state index < -0.39 is 6.10 Å². The fraction of sp³-hybridized carbons (Fsp3) is 0.118. The summed E-state index contributed by atoms with van der Waals surface area (Å²) in [5.74, 6) is 0. The number of hydrogen-bond acceptors (Lipinski definition) is 2. The van der Waals surface area contributed by atoms with Gasteiger partial charge in [0.15, 0.2) is 0 Å². The summed E-state index contributed by atoms with van der Waals surface area (Å²) in [6.07, 6.45) is 1.05. The van der Waals surface area contributed by atoms with Crippen LogP contribution in [0.5, 0.6) is 0 Å². The van der Waals surface area contributed by atoms with Crippen molar-refractivity contribution in [2.75, 3.05) is 0 Å². The van der Waals surface area contributed by atoms with Crippen molar-refractivity contribution in [1.82, 2.24) is 4.98 Å². The second kappa shape index (κ2) is 4.82. The molecule has 3 aromatic rings. The van der Waals surface area contributed by atoms with Gasteiger partial charge in [0.1, 0.15) is 6.10 Å². The molecule has 19 heavy (non-hydrogen) atoms. The van der Waals surface area contributed by atoms with Gasteiger partial charge in [-0.1, -0.05) is 42.5 Å². The van der Waals surface area contributed by atoms with Gasteiger partial charge < -0.3 is 5.11 Å². The molecule has 0 radical (unpaired) electrons. The second-order valence-corrected chi connectivity index (χ2v) is 4.73. The van der Waals surface area contributed by atoms with Gasteiger partial charge in [0.25, 0.3) is 0 Å². The molecule has 2 nitrogen and oxygen atoms in total. The third kappa shape index (κ3) is 2.23. The lowest BCUT2D eigenvalue weighted by Crippen LogP contribution is -2.03. The number of rotatable bonds is 2. The Morgan fingerprint density at radius 1 is 1.00 bits per heavy atom. The van der Waals surface area contributed by atoms with Gasteiger partial charge in [0.2, 0.25) is 0 Å². The van der Waals surface area contributed by atoms with E-state index in [1.165, 1.54) is 0 Å². The third-order valence-corrected chi connectivity index (χ3v) is 3.33. The van der Waals surface area contributed by atoms with Crippen LogP contribution in [0.3, 0.4) is 0 Å². The Kier molecular flexibility index (Phi) is 3.02. The van der Waals surface area contributed by atoms with Gasteiger partial charge in [0, 0.05) is 6.20 Å². The van der Waals surface area contributed by atoms with E-state index in [2.05, 4.69) is 17.1 Å². The summed E-state index contributed by atoms with van der Waals surface area (Å²) in [7, 11) is 0. The lowest BCUT2D eigenvalue weighted by atomic mass is 9.98. The summed E-state index contributed by atoms with van der Waals surface area (Å²) in [6, 6.07) is 17.9. The van der Waals surface area contributed by atoms with E-state index in [1.54, 1.807) is 6.20 Å². The summed E-state index contributed by atoms with van der Waals surface area (Å²) >= 11 is 0. The molecule has 0 aliphatic heterocycles. The zero-order valence-electron chi connectivity index (χ0n) is 10.7. The van der Waals surface area contributed by atoms with Crippen molar-refractivity contribution in [1.29, 1.82) is 0 Å². The Morgan fingerprint density at radius 2 is 1.79 bits per heavy atom. The van der Waals surface area contributed by atoms with Crippen LogP contribution in [0, 0.1) is 6.92 Å². The summed E-state index contributed by atoms with van der Waals surface area (Å²) in [6.45, 7) is 2.00. The highest BCUT2D eigenvalue weighted by Gasteiger charge is 2.14. The van der Waals surface area contributed by atoms with Crippen LogP contribution in [-0.2, 0) is 0 Å². The molecule has 1 aromatic heterocycles. The molecule has 1 unspecified atom stereocenters. The largest absolute Gasteiger partial charge is 0.382 e. The minimum absolute atomic E-state index is 0.689. The maximum Gasteiger partial charge on any atom is 0.122 e. The zero-order valence-corrected chi connectivity index (χ0v) is 10.7. The molecule has 1 atom stereocenters. The fourth-order valence-electron chi connectivity index (χ4n) is 2.36. The quantitative estimate of drug-likeness (QED) is 0.752. The molecule has 2 heteroatoms. The second-order valence-electron chi connectivity index (χ2n) is 4.73. The molecule has 3 rings (SSSR count). The number of aryl methyl sites for hydroxylation is 1. The summed E-state index contributed by atoms with van der Waals surface area (Å²) in [5, 5.41) is 12.8. The van der Waals surface area contributed by atoms with E-state index in [-0.39, 0.29) is 0 Å². The number of hydrogen-bond donors (Lipinski definition) is 1. The van der Waals surface area contributed by atoms with Crippen LogP contribution in [0.1, 0.15) is 22.9 Å². The van der Waals surface area contributed by atoms with Crippen molar-refractivity contribution >= 4 is 10.8 Å². The smallest absolute Gasteiger partial charge is 0.122 e. The molecule has 0 saturated heterocycles. The molecule has 94 valence electrons. The molecular formula is C17H15NO. The molecular weight excluding hydrogens is 234 g/mol. The first-order valence-corrected chi connectivity index (χ1v) is 6.34. The highest BCUT2D eigenvalue weighted by Crippen LogP contribution is 2.28. The average molecular weight is 249 g/mol. The van der Waals surface area contributed by atoms with E-state index >= 15 is 0 Å². The highest BCUT2D eigenvalue weighted by atomic mass is 16.3. The first-order valence-electron chi connectivity index (χ1n) is 6.34. The zero-order chi connectivity index (χ0) is 13.2. The van der Waals surface area contributed by atoms with Gasteiger partial charge in [-0.15, -0.1) is 0 Å². The van der Waals surface area contributed by atoms with Crippen LogP contribution >= 0.6 is 0 Å². The molecule has 1 N–H and O–H groups in total. The molecule has 2 aromatic carbocycles. The van der Waals surface area contributed by atoms with E-state index in [4.69, 9.17) is 0 Å². The van der Waals surface area contributed by atoms with Crippen LogP contribution in [0.2, 0.25) is 0 Å². The van der Waals surface area contributed by atoms with Crippen LogP contribution < -0.4 is 0 Å². The number of pyridine rings is 1. The Balaban J connectivity index is 2.14. The lowest BCUT2D eigenvalue weighted by molar-refractivity contribution is 0.217. The fourth-order valence-corrected chi connectivity index (χ4v) is 2.36. The first kappa shape index (κ1) is 11.9. The van der Waals surface area contributed by atoms with Crippen LogP contribution in [0.4, 0.5) is 0 Å². The van der Waals surface area contributed by atoms with Crippen LogP contribution in [0.15, 0.2) is 60.8 Å². The number of fused-ring (bicyclic) bond motifs is 1. The monoisotopic (exact) mass is 249 g/mol. The van der Waals surface area contributed by atoms with Crippen molar-refractivity contribution < 1.29 is 5.11 Å². The Labute approximate surface area is 112 Å². The first-order chi connectivity index (χ1) is 9.25. The number of aliphatic hydroxyl groups is 1. The SMILES string of the molecule is Cc1ccnc(C(O)c2cccc3ccccc23)c1. The van der Waals surface area contributed by atoms with Crippen LogP contribution in [-0.4, -0.2) is 10.1 Å². The number of aromatic nitrogens is 1. The van der Waals surface area contributed by atoms with E-state index in [9.17, 15) is 5.11 Å². The predicted octanol–water partition coefficient (Wildman–Crippen LogP) is 3.62. The average Bonchev–Trinajstić information content (AvgIpc) is 2.46. The van der Waals surface area contributed by atoms with Crippen molar-refractivity contribution in [2.45, 2.75) is 13.0 Å². The standard InChI is InChI=1S/C17H15NO/c1-12-9-10-18-16(11-12)17(19)15-8-4-6-13-5-2-3-7-14(13)15/h2-11,17,19H,1H3. The van der Waals surface area contributed by atoms with Crippen molar-refractivity contribution in [3.8, 4) is 0 Å². The van der Waals surface area contributed by atoms with Gasteiger partial charge in [-0.3, -0.25) is 4.98 Å². The maximum absolute atomic E-state index is 10.6. The lowest BCUT2D eigenvalue weighted by Gasteiger charge is -2.13. The normalized spacial score (nSPS) is 12.5. The maximum atomic E-state index is 10.6. The Hall–Kier alpha value is -2.19. The molecule has 0 amide bonds. The summed E-state index contributed by atoms with van der Waals surface area (Å²) in [4.78, 5) is 4.27. The van der Waals surface area contributed by atoms with E-state index in [1.807, 2.05) is 49.4 Å². The van der Waals surface area contributed by atoms with Gasteiger partial charge in [-0.25, -0.2) is 0 Å². The van der Waals surface area contributed by atoms with Crippen molar-refractivity contribution in [3.05, 3.63) is 77.6 Å². The molecule has 1 heterocycles. The Morgan fingerprint density at radius 3 is 2.63 bits per heavy atom. The summed E-state index contributed by atoms with van der Waals surface area (Å²) in [5.41, 5.74) is 2.69. The van der Waals surface area contributed by atoms with Gasteiger partial charge >= 0.3 is 0 Å². The van der Waals surface area contributed by atoms with Gasteiger partial charge in [-0.2, -0.15) is 0 Å². The minimum atomic E-state index is -0.689. The molecule has 0 aliphatic carbocycles. The minimum Gasteiger partial charge on any atom is -0.382 e. The topological polar surface area (TPSA) is 33.1 Å². The van der Waals surface area contributed by atoms with Crippen LogP contribution in [0.25, 0.3) is 10.8 Å². The third-order valence-electron chi connectivity index (χ3n) is 3.33. The number of benzene rings is 2. The molecule has 0 aliphatic rings. The molecule has 0 fully saturated rings. The van der Waals surface area contributed by atoms with Crippen molar-refractivity contribution in [3.63, 3.8) is 0 Å². The molecule has 0 spiro atoms. The van der Waals surface area contributed by atoms with Gasteiger partial charge in [0.05, 0.1) is 5.69 Å². The molecule has 0 bridgehead atoms.